The number of hydrogen-bond donors (Lipinski definition) is 0. The number of benzene rings is 1. The van der Waals surface area contributed by atoms with E-state index >= 15 is 0 Å². The smallest absolute Gasteiger partial charge is 0.140 e. The van der Waals surface area contributed by atoms with E-state index in [0.29, 0.717) is 6.04 Å². The second kappa shape index (κ2) is 6.61. The van der Waals surface area contributed by atoms with Crippen LogP contribution in [0.25, 0.3) is 10.9 Å². The lowest BCUT2D eigenvalue weighted by Gasteiger charge is -2.35. The van der Waals surface area contributed by atoms with Crippen LogP contribution < -0.4 is 4.90 Å². The van der Waals surface area contributed by atoms with Crippen LogP contribution in [0.5, 0.6) is 0 Å². The molecule has 0 bridgehead atoms. The number of rotatable bonds is 3. The molecule has 1 aromatic carbocycles. The molecule has 5 heteroatoms. The largest absolute Gasteiger partial charge is 0.353 e. The van der Waals surface area contributed by atoms with Crippen LogP contribution in [-0.2, 0) is 0 Å². The Labute approximate surface area is 142 Å². The minimum Gasteiger partial charge on any atom is -0.353 e. The monoisotopic (exact) mass is 411 g/mol. The van der Waals surface area contributed by atoms with Crippen molar-refractivity contribution in [3.8, 4) is 0 Å². The normalized spacial score (nSPS) is 16.3. The molecule has 2 aromatic rings. The van der Waals surface area contributed by atoms with Gasteiger partial charge in [0, 0.05) is 26.9 Å². The van der Waals surface area contributed by atoms with E-state index in [-0.39, 0.29) is 0 Å². The molecule has 1 heterocycles. The molecule has 0 radical (unpaired) electrons. The highest BCUT2D eigenvalue weighted by molar-refractivity contribution is 9.11. The zero-order valence-electron chi connectivity index (χ0n) is 12.1. The number of nitrogens with zero attached hydrogens (tertiary/aromatic N) is 3. The summed E-state index contributed by atoms with van der Waals surface area (Å²) in [6.45, 7) is 3.20. The summed E-state index contributed by atoms with van der Waals surface area (Å²) < 4.78 is 2.06. The van der Waals surface area contributed by atoms with E-state index in [9.17, 15) is 0 Å². The van der Waals surface area contributed by atoms with Crippen molar-refractivity contribution in [2.24, 2.45) is 0 Å². The first-order valence-electron chi connectivity index (χ1n) is 7.57. The molecule has 3 nitrogen and oxygen atoms in total. The number of halogens is 2. The van der Waals surface area contributed by atoms with Crippen LogP contribution in [0.3, 0.4) is 0 Å². The fourth-order valence-corrected chi connectivity index (χ4v) is 4.61. The molecule has 0 N–H and O–H groups in total. The standard InChI is InChI=1S/C16H19Br2N3/c1-2-21(12-6-4-3-5-7-12)16-13-8-11(17)9-14(18)15(13)19-10-20-16/h8-10,12H,2-7H2,1H3. The summed E-state index contributed by atoms with van der Waals surface area (Å²) in [6, 6.07) is 4.77. The number of fused-ring (bicyclic) bond motifs is 1. The maximum Gasteiger partial charge on any atom is 0.140 e. The number of anilines is 1. The molecule has 21 heavy (non-hydrogen) atoms. The SMILES string of the molecule is CCN(c1ncnc2c(Br)cc(Br)cc12)C1CCCCC1. The third-order valence-corrected chi connectivity index (χ3v) is 5.33. The fourth-order valence-electron chi connectivity index (χ4n) is 3.28. The molecule has 3 rings (SSSR count). The Morgan fingerprint density at radius 2 is 1.90 bits per heavy atom. The van der Waals surface area contributed by atoms with Crippen molar-refractivity contribution in [2.75, 3.05) is 11.4 Å². The molecule has 0 unspecified atom stereocenters. The first-order chi connectivity index (χ1) is 10.2. The summed E-state index contributed by atoms with van der Waals surface area (Å²) in [4.78, 5) is 11.5. The zero-order valence-corrected chi connectivity index (χ0v) is 15.3. The van der Waals surface area contributed by atoms with Crippen molar-refractivity contribution < 1.29 is 0 Å². The van der Waals surface area contributed by atoms with Crippen LogP contribution in [0.2, 0.25) is 0 Å². The summed E-state index contributed by atoms with van der Waals surface area (Å²) in [7, 11) is 0. The molecule has 1 aliphatic rings. The average molecular weight is 413 g/mol. The van der Waals surface area contributed by atoms with E-state index in [0.717, 1.165) is 32.2 Å². The third kappa shape index (κ3) is 3.09. The quantitative estimate of drug-likeness (QED) is 0.683. The van der Waals surface area contributed by atoms with Crippen LogP contribution in [0.1, 0.15) is 39.0 Å². The Hall–Kier alpha value is -0.680. The van der Waals surface area contributed by atoms with Gasteiger partial charge in [0.2, 0.25) is 0 Å². The predicted octanol–water partition coefficient (Wildman–Crippen LogP) is 5.31. The highest BCUT2D eigenvalue weighted by Gasteiger charge is 2.23. The third-order valence-electron chi connectivity index (χ3n) is 4.26. The Morgan fingerprint density at radius 1 is 1.14 bits per heavy atom. The molecular weight excluding hydrogens is 394 g/mol. The highest BCUT2D eigenvalue weighted by Crippen LogP contribution is 2.34. The van der Waals surface area contributed by atoms with Gasteiger partial charge in [-0.05, 0) is 47.8 Å². The van der Waals surface area contributed by atoms with E-state index in [2.05, 4.69) is 59.7 Å². The van der Waals surface area contributed by atoms with Crippen molar-refractivity contribution in [3.63, 3.8) is 0 Å². The van der Waals surface area contributed by atoms with Gasteiger partial charge in [-0.3, -0.25) is 0 Å². The van der Waals surface area contributed by atoms with Crippen LogP contribution in [0.15, 0.2) is 27.4 Å². The van der Waals surface area contributed by atoms with E-state index < -0.39 is 0 Å². The molecule has 0 saturated heterocycles. The summed E-state index contributed by atoms with van der Waals surface area (Å²) in [5.74, 6) is 1.07. The van der Waals surface area contributed by atoms with Gasteiger partial charge in [-0.15, -0.1) is 0 Å². The predicted molar refractivity (Wildman–Crippen MR) is 94.8 cm³/mol. The topological polar surface area (TPSA) is 29.0 Å². The van der Waals surface area contributed by atoms with Gasteiger partial charge in [0.1, 0.15) is 12.1 Å². The van der Waals surface area contributed by atoms with Crippen molar-refractivity contribution in [2.45, 2.75) is 45.1 Å². The lowest BCUT2D eigenvalue weighted by Crippen LogP contribution is -2.37. The van der Waals surface area contributed by atoms with Crippen LogP contribution in [0.4, 0.5) is 5.82 Å². The molecule has 1 saturated carbocycles. The summed E-state index contributed by atoms with van der Waals surface area (Å²) in [5.41, 5.74) is 0.984. The second-order valence-corrected chi connectivity index (χ2v) is 7.33. The van der Waals surface area contributed by atoms with Crippen molar-refractivity contribution in [1.82, 2.24) is 9.97 Å². The molecule has 1 aromatic heterocycles. The van der Waals surface area contributed by atoms with Crippen molar-refractivity contribution in [3.05, 3.63) is 27.4 Å². The lowest BCUT2D eigenvalue weighted by molar-refractivity contribution is 0.417. The number of hydrogen-bond acceptors (Lipinski definition) is 3. The van der Waals surface area contributed by atoms with Gasteiger partial charge >= 0.3 is 0 Å². The van der Waals surface area contributed by atoms with Gasteiger partial charge in [0.05, 0.1) is 5.52 Å². The fraction of sp³-hybridized carbons (Fsp3) is 0.500. The molecule has 112 valence electrons. The lowest BCUT2D eigenvalue weighted by atomic mass is 9.94. The highest BCUT2D eigenvalue weighted by atomic mass is 79.9. The minimum atomic E-state index is 0.611. The average Bonchev–Trinajstić information content (AvgIpc) is 2.49. The second-order valence-electron chi connectivity index (χ2n) is 5.56. The Balaban J connectivity index is 2.09. The van der Waals surface area contributed by atoms with Crippen LogP contribution >= 0.6 is 31.9 Å². The first-order valence-corrected chi connectivity index (χ1v) is 9.15. The maximum atomic E-state index is 4.61. The molecular formula is C16H19Br2N3. The molecule has 1 fully saturated rings. The molecule has 0 aliphatic heterocycles. The summed E-state index contributed by atoms with van der Waals surface area (Å²) in [6.07, 6.45) is 8.26. The maximum absolute atomic E-state index is 4.61. The van der Waals surface area contributed by atoms with Gasteiger partial charge in [-0.2, -0.15) is 0 Å². The molecule has 0 atom stereocenters. The van der Waals surface area contributed by atoms with Gasteiger partial charge in [-0.25, -0.2) is 9.97 Å². The summed E-state index contributed by atoms with van der Waals surface area (Å²) in [5, 5.41) is 1.12. The Morgan fingerprint density at radius 3 is 2.62 bits per heavy atom. The van der Waals surface area contributed by atoms with Crippen molar-refractivity contribution in [1.29, 1.82) is 0 Å². The number of aromatic nitrogens is 2. The van der Waals surface area contributed by atoms with E-state index in [1.807, 2.05) is 6.07 Å². The van der Waals surface area contributed by atoms with Gasteiger partial charge in [-0.1, -0.05) is 35.2 Å². The summed E-state index contributed by atoms with van der Waals surface area (Å²) >= 11 is 7.19. The molecule has 0 amide bonds. The van der Waals surface area contributed by atoms with E-state index in [4.69, 9.17) is 0 Å². The molecule has 0 spiro atoms. The molecule has 1 aliphatic carbocycles. The minimum absolute atomic E-state index is 0.611. The van der Waals surface area contributed by atoms with E-state index in [1.54, 1.807) is 6.33 Å². The van der Waals surface area contributed by atoms with Gasteiger partial charge < -0.3 is 4.90 Å². The van der Waals surface area contributed by atoms with Gasteiger partial charge in [0.25, 0.3) is 0 Å². The van der Waals surface area contributed by atoms with Crippen LogP contribution in [0, 0.1) is 0 Å². The van der Waals surface area contributed by atoms with Crippen LogP contribution in [-0.4, -0.2) is 22.6 Å². The Bertz CT molecular complexity index is 639. The van der Waals surface area contributed by atoms with E-state index in [1.165, 1.54) is 32.1 Å². The first kappa shape index (κ1) is 15.2. The zero-order chi connectivity index (χ0) is 14.8. The Kier molecular flexibility index (Phi) is 4.79. The van der Waals surface area contributed by atoms with Gasteiger partial charge in [0.15, 0.2) is 0 Å². The van der Waals surface area contributed by atoms with Crippen molar-refractivity contribution >= 4 is 48.6 Å².